The van der Waals surface area contributed by atoms with Crippen LogP contribution in [0.3, 0.4) is 0 Å². The van der Waals surface area contributed by atoms with Crippen LogP contribution in [0.5, 0.6) is 0 Å². The molecule has 7 heteroatoms. The number of aromatic nitrogens is 1. The van der Waals surface area contributed by atoms with Crippen LogP contribution in [-0.2, 0) is 16.1 Å². The smallest absolute Gasteiger partial charge is 0.408 e. The Kier molecular flexibility index (Phi) is 6.05. The maximum Gasteiger partial charge on any atom is 0.408 e. The van der Waals surface area contributed by atoms with Crippen molar-refractivity contribution in [2.45, 2.75) is 71.6 Å². The average Bonchev–Trinajstić information content (AvgIpc) is 2.64. The number of pyridine rings is 1. The van der Waals surface area contributed by atoms with Crippen molar-refractivity contribution in [3.8, 4) is 0 Å². The van der Waals surface area contributed by atoms with Gasteiger partial charge in [-0.25, -0.2) is 4.79 Å². The zero-order valence-corrected chi connectivity index (χ0v) is 18.1. The normalized spacial score (nSPS) is 23.0. The number of likely N-dealkylation sites (tertiary alicyclic amines) is 1. The highest BCUT2D eigenvalue weighted by Crippen LogP contribution is 2.35. The third-order valence-corrected chi connectivity index (χ3v) is 5.94. The van der Waals surface area contributed by atoms with Crippen molar-refractivity contribution in [1.82, 2.24) is 14.8 Å². The molecule has 2 amide bonds. The molecule has 2 aliphatic rings. The summed E-state index contributed by atoms with van der Waals surface area (Å²) in [6.07, 6.45) is 1.19. The first-order valence-corrected chi connectivity index (χ1v) is 10.6. The third kappa shape index (κ3) is 4.82. The van der Waals surface area contributed by atoms with E-state index in [2.05, 4.69) is 5.32 Å². The number of amides is 2. The van der Waals surface area contributed by atoms with E-state index >= 15 is 0 Å². The average molecular weight is 404 g/mol. The van der Waals surface area contributed by atoms with Crippen molar-refractivity contribution in [1.29, 1.82) is 0 Å². The SMILES string of the molecule is CC[C@H](C)[C@H](NC(=O)OC(C)(C)C)C(=O)N1C[C@@H]2C[C@H](C1)c1cccc(=O)n1C2. The number of nitrogens with one attached hydrogen (secondary N) is 1. The van der Waals surface area contributed by atoms with E-state index in [1.807, 2.05) is 29.4 Å². The van der Waals surface area contributed by atoms with Crippen LogP contribution in [0.25, 0.3) is 0 Å². The lowest BCUT2D eigenvalue weighted by Gasteiger charge is -2.44. The molecule has 3 rings (SSSR count). The van der Waals surface area contributed by atoms with Crippen molar-refractivity contribution < 1.29 is 14.3 Å². The molecule has 2 bridgehead atoms. The summed E-state index contributed by atoms with van der Waals surface area (Å²) in [7, 11) is 0. The largest absolute Gasteiger partial charge is 0.444 e. The van der Waals surface area contributed by atoms with E-state index in [1.165, 1.54) is 0 Å². The quantitative estimate of drug-likeness (QED) is 0.838. The molecule has 1 aromatic heterocycles. The number of fused-ring (bicyclic) bond motifs is 4. The van der Waals surface area contributed by atoms with Crippen LogP contribution in [0.2, 0.25) is 0 Å². The molecule has 0 aliphatic carbocycles. The molecule has 3 heterocycles. The predicted octanol–water partition coefficient (Wildman–Crippen LogP) is 2.73. The number of ether oxygens (including phenoxy) is 1. The molecule has 0 aromatic carbocycles. The Balaban J connectivity index is 1.77. The van der Waals surface area contributed by atoms with Crippen LogP contribution in [-0.4, -0.2) is 46.2 Å². The summed E-state index contributed by atoms with van der Waals surface area (Å²) in [5.74, 6) is 0.335. The molecule has 29 heavy (non-hydrogen) atoms. The second kappa shape index (κ2) is 8.20. The highest BCUT2D eigenvalue weighted by Gasteiger charge is 2.39. The lowest BCUT2D eigenvalue weighted by atomic mass is 9.82. The van der Waals surface area contributed by atoms with Crippen LogP contribution in [0, 0.1) is 11.8 Å². The monoisotopic (exact) mass is 403 g/mol. The molecule has 1 saturated heterocycles. The van der Waals surface area contributed by atoms with Gasteiger partial charge in [0.05, 0.1) is 0 Å². The number of carbonyl (C=O) groups is 2. The van der Waals surface area contributed by atoms with Gasteiger partial charge in [-0.15, -0.1) is 0 Å². The van der Waals surface area contributed by atoms with Gasteiger partial charge in [-0.2, -0.15) is 0 Å². The zero-order chi connectivity index (χ0) is 21.3. The number of hydrogen-bond acceptors (Lipinski definition) is 4. The Hall–Kier alpha value is -2.31. The fourth-order valence-electron chi connectivity index (χ4n) is 4.39. The molecular weight excluding hydrogens is 370 g/mol. The number of carbonyl (C=O) groups excluding carboxylic acids is 2. The van der Waals surface area contributed by atoms with Gasteiger partial charge in [0, 0.05) is 37.3 Å². The minimum atomic E-state index is -0.619. The zero-order valence-electron chi connectivity index (χ0n) is 18.1. The standard InChI is InChI=1S/C22H33N3O4/c1-6-14(2)19(23-21(28)29-22(3,4)5)20(27)24-11-15-10-16(13-24)17-8-7-9-18(26)25(17)12-15/h7-9,14-16,19H,6,10-13H2,1-5H3,(H,23,28)/t14-,15-,16+,19-/m0/s1. The summed E-state index contributed by atoms with van der Waals surface area (Å²) >= 11 is 0. The Labute approximate surface area is 172 Å². The summed E-state index contributed by atoms with van der Waals surface area (Å²) in [5, 5.41) is 2.81. The first-order valence-electron chi connectivity index (χ1n) is 10.6. The molecule has 7 nitrogen and oxygen atoms in total. The maximum absolute atomic E-state index is 13.4. The molecule has 0 unspecified atom stereocenters. The number of nitrogens with zero attached hydrogens (tertiary/aromatic N) is 2. The Bertz CT molecular complexity index is 826. The van der Waals surface area contributed by atoms with Crippen molar-refractivity contribution in [2.24, 2.45) is 11.8 Å². The van der Waals surface area contributed by atoms with E-state index in [-0.39, 0.29) is 29.2 Å². The number of rotatable bonds is 4. The lowest BCUT2D eigenvalue weighted by molar-refractivity contribution is -0.137. The molecule has 0 spiro atoms. The van der Waals surface area contributed by atoms with Gasteiger partial charge >= 0.3 is 6.09 Å². The molecule has 1 N–H and O–H groups in total. The minimum absolute atomic E-state index is 0.00769. The van der Waals surface area contributed by atoms with Crippen molar-refractivity contribution in [2.75, 3.05) is 13.1 Å². The fourth-order valence-corrected chi connectivity index (χ4v) is 4.39. The number of hydrogen-bond donors (Lipinski definition) is 1. The van der Waals surface area contributed by atoms with E-state index in [0.29, 0.717) is 19.6 Å². The van der Waals surface area contributed by atoms with Crippen molar-refractivity contribution in [3.63, 3.8) is 0 Å². The Morgan fingerprint density at radius 1 is 1.24 bits per heavy atom. The van der Waals surface area contributed by atoms with Crippen LogP contribution in [0.15, 0.2) is 23.0 Å². The summed E-state index contributed by atoms with van der Waals surface area (Å²) in [4.78, 5) is 39.8. The molecule has 0 radical (unpaired) electrons. The number of alkyl carbamates (subject to hydrolysis) is 1. The minimum Gasteiger partial charge on any atom is -0.444 e. The second-order valence-electron chi connectivity index (χ2n) is 9.45. The van der Waals surface area contributed by atoms with Gasteiger partial charge in [0.25, 0.3) is 5.56 Å². The van der Waals surface area contributed by atoms with Crippen LogP contribution >= 0.6 is 0 Å². The molecular formula is C22H33N3O4. The topological polar surface area (TPSA) is 80.6 Å². The third-order valence-electron chi connectivity index (χ3n) is 5.94. The maximum atomic E-state index is 13.4. The summed E-state index contributed by atoms with van der Waals surface area (Å²) < 4.78 is 7.23. The van der Waals surface area contributed by atoms with E-state index in [1.54, 1.807) is 32.9 Å². The Morgan fingerprint density at radius 3 is 2.62 bits per heavy atom. The van der Waals surface area contributed by atoms with Gasteiger partial charge in [-0.05, 0) is 45.1 Å². The van der Waals surface area contributed by atoms with Crippen LogP contribution in [0.1, 0.15) is 59.1 Å². The molecule has 4 atom stereocenters. The molecule has 1 fully saturated rings. The molecule has 160 valence electrons. The summed E-state index contributed by atoms with van der Waals surface area (Å²) in [6, 6.07) is 4.76. The summed E-state index contributed by atoms with van der Waals surface area (Å²) in [5.41, 5.74) is 0.416. The second-order valence-corrected chi connectivity index (χ2v) is 9.45. The van der Waals surface area contributed by atoms with Gasteiger partial charge in [0.1, 0.15) is 11.6 Å². The van der Waals surface area contributed by atoms with E-state index in [9.17, 15) is 14.4 Å². The van der Waals surface area contributed by atoms with Gasteiger partial charge in [-0.3, -0.25) is 9.59 Å². The summed E-state index contributed by atoms with van der Waals surface area (Å²) in [6.45, 7) is 11.2. The molecule has 2 aliphatic heterocycles. The van der Waals surface area contributed by atoms with Crippen molar-refractivity contribution >= 4 is 12.0 Å². The number of piperidine rings is 1. The highest BCUT2D eigenvalue weighted by atomic mass is 16.6. The van der Waals surface area contributed by atoms with E-state index in [4.69, 9.17) is 4.74 Å². The first kappa shape index (κ1) is 21.4. The van der Waals surface area contributed by atoms with Gasteiger partial charge in [0.15, 0.2) is 0 Å². The van der Waals surface area contributed by atoms with E-state index in [0.717, 1.165) is 18.5 Å². The highest BCUT2D eigenvalue weighted by molar-refractivity contribution is 5.86. The molecule has 0 saturated carbocycles. The lowest BCUT2D eigenvalue weighted by Crippen LogP contribution is -2.57. The fraction of sp³-hybridized carbons (Fsp3) is 0.682. The van der Waals surface area contributed by atoms with Crippen LogP contribution < -0.4 is 10.9 Å². The molecule has 1 aromatic rings. The van der Waals surface area contributed by atoms with E-state index < -0.39 is 17.7 Å². The van der Waals surface area contributed by atoms with Crippen molar-refractivity contribution in [3.05, 3.63) is 34.2 Å². The van der Waals surface area contributed by atoms with Crippen LogP contribution in [0.4, 0.5) is 4.79 Å². The van der Waals surface area contributed by atoms with Gasteiger partial charge < -0.3 is 19.5 Å². The van der Waals surface area contributed by atoms with Gasteiger partial charge in [-0.1, -0.05) is 26.3 Å². The first-order chi connectivity index (χ1) is 13.6. The predicted molar refractivity (Wildman–Crippen MR) is 111 cm³/mol. The van der Waals surface area contributed by atoms with Gasteiger partial charge in [0.2, 0.25) is 5.91 Å². The Morgan fingerprint density at radius 2 is 1.97 bits per heavy atom.